The highest BCUT2D eigenvalue weighted by atomic mass is 32.2. The number of nitrogens with one attached hydrogen (secondary N) is 1. The lowest BCUT2D eigenvalue weighted by molar-refractivity contribution is -0.129. The molecule has 7 heteroatoms. The van der Waals surface area contributed by atoms with Crippen LogP contribution in [0.15, 0.2) is 54.6 Å². The number of benzene rings is 2. The minimum atomic E-state index is -3.47. The van der Waals surface area contributed by atoms with Gasteiger partial charge in [0.15, 0.2) is 0 Å². The van der Waals surface area contributed by atoms with E-state index in [-0.39, 0.29) is 24.8 Å². The van der Waals surface area contributed by atoms with Gasteiger partial charge in [0, 0.05) is 12.2 Å². The zero-order chi connectivity index (χ0) is 18.6. The molecule has 0 saturated carbocycles. The van der Waals surface area contributed by atoms with Crippen LogP contribution in [-0.4, -0.2) is 40.1 Å². The second kappa shape index (κ2) is 7.99. The summed E-state index contributed by atoms with van der Waals surface area (Å²) in [6.07, 6.45) is -0.390. The Kier molecular flexibility index (Phi) is 5.70. The van der Waals surface area contributed by atoms with Crippen molar-refractivity contribution >= 4 is 21.6 Å². The van der Waals surface area contributed by atoms with Crippen molar-refractivity contribution in [3.63, 3.8) is 0 Å². The van der Waals surface area contributed by atoms with Gasteiger partial charge in [-0.15, -0.1) is 0 Å². The van der Waals surface area contributed by atoms with E-state index in [1.807, 2.05) is 37.3 Å². The van der Waals surface area contributed by atoms with Crippen LogP contribution >= 0.6 is 0 Å². The normalized spacial score (nSPS) is 18.1. The molecule has 1 aliphatic rings. The summed E-state index contributed by atoms with van der Waals surface area (Å²) in [5.41, 5.74) is 2.58. The highest BCUT2D eigenvalue weighted by Crippen LogP contribution is 2.19. The fourth-order valence-corrected chi connectivity index (χ4v) is 4.03. The SMILES string of the molecule is Cc1cccc(N2CC(CNS(=O)(=O)Cc3ccccc3)OCC2=O)c1. The molecule has 1 saturated heterocycles. The number of carbonyl (C=O) groups excluding carboxylic acids is 1. The lowest BCUT2D eigenvalue weighted by Crippen LogP contribution is -2.50. The molecule has 0 bridgehead atoms. The quantitative estimate of drug-likeness (QED) is 0.837. The summed E-state index contributed by atoms with van der Waals surface area (Å²) >= 11 is 0. The van der Waals surface area contributed by atoms with Crippen LogP contribution in [0.1, 0.15) is 11.1 Å². The Morgan fingerprint density at radius 2 is 1.92 bits per heavy atom. The van der Waals surface area contributed by atoms with Crippen LogP contribution in [0.2, 0.25) is 0 Å². The Balaban J connectivity index is 1.60. The highest BCUT2D eigenvalue weighted by molar-refractivity contribution is 7.88. The lowest BCUT2D eigenvalue weighted by atomic mass is 10.2. The minimum Gasteiger partial charge on any atom is -0.365 e. The van der Waals surface area contributed by atoms with Gasteiger partial charge in [0.1, 0.15) is 6.61 Å². The van der Waals surface area contributed by atoms with E-state index in [4.69, 9.17) is 4.74 Å². The van der Waals surface area contributed by atoms with E-state index >= 15 is 0 Å². The summed E-state index contributed by atoms with van der Waals surface area (Å²) in [6, 6.07) is 16.7. The van der Waals surface area contributed by atoms with Crippen molar-refractivity contribution in [3.05, 3.63) is 65.7 Å². The molecule has 3 rings (SSSR count). The van der Waals surface area contributed by atoms with E-state index in [1.54, 1.807) is 29.2 Å². The largest absolute Gasteiger partial charge is 0.365 e. The van der Waals surface area contributed by atoms with Gasteiger partial charge in [0.25, 0.3) is 5.91 Å². The maximum Gasteiger partial charge on any atom is 0.253 e. The second-order valence-electron chi connectivity index (χ2n) is 6.37. The van der Waals surface area contributed by atoms with E-state index in [2.05, 4.69) is 4.72 Å². The number of sulfonamides is 1. The number of hydrogen-bond acceptors (Lipinski definition) is 4. The van der Waals surface area contributed by atoms with Crippen LogP contribution < -0.4 is 9.62 Å². The third-order valence-electron chi connectivity index (χ3n) is 4.17. The zero-order valence-electron chi connectivity index (χ0n) is 14.6. The van der Waals surface area contributed by atoms with E-state index in [1.165, 1.54) is 0 Å². The van der Waals surface area contributed by atoms with Crippen LogP contribution in [-0.2, 0) is 25.3 Å². The Morgan fingerprint density at radius 3 is 2.65 bits per heavy atom. The Labute approximate surface area is 153 Å². The summed E-state index contributed by atoms with van der Waals surface area (Å²) < 4.78 is 32.6. The molecule has 0 aromatic heterocycles. The number of aryl methyl sites for hydroxylation is 1. The maximum atomic E-state index is 12.3. The molecule has 1 amide bonds. The average Bonchev–Trinajstić information content (AvgIpc) is 2.61. The monoisotopic (exact) mass is 374 g/mol. The molecule has 0 spiro atoms. The van der Waals surface area contributed by atoms with Crippen LogP contribution in [0.4, 0.5) is 5.69 Å². The van der Waals surface area contributed by atoms with Crippen LogP contribution in [0.3, 0.4) is 0 Å². The second-order valence-corrected chi connectivity index (χ2v) is 8.18. The number of morpholine rings is 1. The van der Waals surface area contributed by atoms with E-state index in [0.29, 0.717) is 6.54 Å². The van der Waals surface area contributed by atoms with Crippen molar-refractivity contribution in [2.45, 2.75) is 18.8 Å². The predicted octanol–water partition coefficient (Wildman–Crippen LogP) is 1.85. The molecule has 1 atom stereocenters. The minimum absolute atomic E-state index is 0.0565. The average molecular weight is 374 g/mol. The van der Waals surface area contributed by atoms with E-state index in [9.17, 15) is 13.2 Å². The predicted molar refractivity (Wildman–Crippen MR) is 100 cm³/mol. The number of hydrogen-bond donors (Lipinski definition) is 1. The number of anilines is 1. The van der Waals surface area contributed by atoms with Crippen LogP contribution in [0.5, 0.6) is 0 Å². The van der Waals surface area contributed by atoms with E-state index in [0.717, 1.165) is 16.8 Å². The topological polar surface area (TPSA) is 75.7 Å². The molecule has 138 valence electrons. The fraction of sp³-hybridized carbons (Fsp3) is 0.316. The number of ether oxygens (including phenoxy) is 1. The van der Waals surface area contributed by atoms with Gasteiger partial charge in [0.05, 0.1) is 18.4 Å². The van der Waals surface area contributed by atoms with Crippen molar-refractivity contribution in [1.82, 2.24) is 4.72 Å². The molecule has 1 fully saturated rings. The molecule has 6 nitrogen and oxygen atoms in total. The summed E-state index contributed by atoms with van der Waals surface area (Å²) in [7, 11) is -3.47. The molecule has 0 aliphatic carbocycles. The Hall–Kier alpha value is -2.22. The molecular weight excluding hydrogens is 352 g/mol. The molecule has 26 heavy (non-hydrogen) atoms. The third-order valence-corrected chi connectivity index (χ3v) is 5.49. The van der Waals surface area contributed by atoms with Crippen molar-refractivity contribution in [1.29, 1.82) is 0 Å². The summed E-state index contributed by atoms with van der Waals surface area (Å²) in [6.45, 7) is 2.35. The van der Waals surface area contributed by atoms with Gasteiger partial charge in [-0.25, -0.2) is 13.1 Å². The zero-order valence-corrected chi connectivity index (χ0v) is 15.4. The third kappa shape index (κ3) is 4.91. The molecule has 0 radical (unpaired) electrons. The van der Waals surface area contributed by atoms with Crippen LogP contribution in [0, 0.1) is 6.92 Å². The molecule has 1 unspecified atom stereocenters. The summed E-state index contributed by atoms with van der Waals surface area (Å²) in [4.78, 5) is 13.8. The Bertz CT molecular complexity index is 868. The standard InChI is InChI=1S/C19H22N2O4S/c1-15-6-5-9-17(10-15)21-12-18(25-13-19(21)22)11-20-26(23,24)14-16-7-3-2-4-8-16/h2-10,18,20H,11-14H2,1H3. The van der Waals surface area contributed by atoms with Gasteiger partial charge in [-0.1, -0.05) is 42.5 Å². The van der Waals surface area contributed by atoms with Gasteiger partial charge >= 0.3 is 0 Å². The molecule has 2 aromatic carbocycles. The Morgan fingerprint density at radius 1 is 1.15 bits per heavy atom. The maximum absolute atomic E-state index is 12.3. The van der Waals surface area contributed by atoms with Crippen molar-refractivity contribution < 1.29 is 17.9 Å². The molecular formula is C19H22N2O4S. The number of nitrogens with zero attached hydrogens (tertiary/aromatic N) is 1. The molecule has 1 aliphatic heterocycles. The van der Waals surface area contributed by atoms with Gasteiger partial charge in [-0.2, -0.15) is 0 Å². The van der Waals surface area contributed by atoms with Gasteiger partial charge < -0.3 is 9.64 Å². The first kappa shape index (κ1) is 18.6. The number of rotatable bonds is 6. The summed E-state index contributed by atoms with van der Waals surface area (Å²) in [5, 5.41) is 0. The van der Waals surface area contributed by atoms with Gasteiger partial charge in [-0.3, -0.25) is 4.79 Å². The smallest absolute Gasteiger partial charge is 0.253 e. The molecule has 1 N–H and O–H groups in total. The first-order valence-corrected chi connectivity index (χ1v) is 10.1. The highest BCUT2D eigenvalue weighted by Gasteiger charge is 2.28. The number of amides is 1. The first-order chi connectivity index (χ1) is 12.4. The van der Waals surface area contributed by atoms with Gasteiger partial charge in [-0.05, 0) is 30.2 Å². The number of carbonyl (C=O) groups is 1. The fourth-order valence-electron chi connectivity index (χ4n) is 2.86. The van der Waals surface area contributed by atoms with Crippen molar-refractivity contribution in [2.24, 2.45) is 0 Å². The lowest BCUT2D eigenvalue weighted by Gasteiger charge is -2.33. The van der Waals surface area contributed by atoms with E-state index < -0.39 is 16.1 Å². The van der Waals surface area contributed by atoms with Crippen LogP contribution in [0.25, 0.3) is 0 Å². The molecule has 1 heterocycles. The van der Waals surface area contributed by atoms with Crippen molar-refractivity contribution in [3.8, 4) is 0 Å². The van der Waals surface area contributed by atoms with Gasteiger partial charge in [0.2, 0.25) is 10.0 Å². The first-order valence-electron chi connectivity index (χ1n) is 8.43. The van der Waals surface area contributed by atoms with Crippen molar-refractivity contribution in [2.75, 3.05) is 24.6 Å². The molecule has 2 aromatic rings. The summed E-state index contributed by atoms with van der Waals surface area (Å²) in [5.74, 6) is -0.208.